The first-order valence-electron chi connectivity index (χ1n) is 9.11. The van der Waals surface area contributed by atoms with Gasteiger partial charge < -0.3 is 15.1 Å². The first-order chi connectivity index (χ1) is 13.1. The van der Waals surface area contributed by atoms with Gasteiger partial charge in [-0.25, -0.2) is 9.18 Å². The van der Waals surface area contributed by atoms with Gasteiger partial charge in [0.2, 0.25) is 5.91 Å². The molecule has 0 spiro atoms. The lowest BCUT2D eigenvalue weighted by Crippen LogP contribution is -2.60. The van der Waals surface area contributed by atoms with Gasteiger partial charge in [0.25, 0.3) is 0 Å². The average molecular weight is 368 g/mol. The Hall–Kier alpha value is -2.96. The van der Waals surface area contributed by atoms with Crippen molar-refractivity contribution in [1.82, 2.24) is 14.8 Å². The molecule has 2 bridgehead atoms. The zero-order valence-corrected chi connectivity index (χ0v) is 14.8. The SMILES string of the molecule is O=C1[C@H]2C[C@H](CCN2C(=O)Nc2cccnc2)CN1Cc1cccc(F)c1. The summed E-state index contributed by atoms with van der Waals surface area (Å²) >= 11 is 0. The number of piperidine rings is 2. The number of hydrogen-bond acceptors (Lipinski definition) is 3. The van der Waals surface area contributed by atoms with E-state index in [1.807, 2.05) is 6.07 Å². The minimum atomic E-state index is -0.470. The number of rotatable bonds is 3. The maximum absolute atomic E-state index is 13.5. The highest BCUT2D eigenvalue weighted by Crippen LogP contribution is 2.31. The average Bonchev–Trinajstić information content (AvgIpc) is 2.67. The van der Waals surface area contributed by atoms with Crippen molar-refractivity contribution >= 4 is 17.6 Å². The van der Waals surface area contributed by atoms with Crippen LogP contribution in [0.4, 0.5) is 14.9 Å². The van der Waals surface area contributed by atoms with Gasteiger partial charge in [-0.3, -0.25) is 9.78 Å². The third-order valence-corrected chi connectivity index (χ3v) is 5.22. The summed E-state index contributed by atoms with van der Waals surface area (Å²) in [5.74, 6) is -0.0186. The second-order valence-electron chi connectivity index (χ2n) is 7.12. The molecule has 2 aliphatic heterocycles. The van der Waals surface area contributed by atoms with E-state index < -0.39 is 6.04 Å². The van der Waals surface area contributed by atoms with Crippen LogP contribution in [0.1, 0.15) is 18.4 Å². The van der Waals surface area contributed by atoms with Crippen LogP contribution in [0.2, 0.25) is 0 Å². The van der Waals surface area contributed by atoms with E-state index in [0.29, 0.717) is 37.7 Å². The van der Waals surface area contributed by atoms with Gasteiger partial charge in [0.15, 0.2) is 0 Å². The predicted octanol–water partition coefficient (Wildman–Crippen LogP) is 2.88. The van der Waals surface area contributed by atoms with Crippen molar-refractivity contribution in [2.75, 3.05) is 18.4 Å². The number of amides is 3. The Balaban J connectivity index is 1.48. The predicted molar refractivity (Wildman–Crippen MR) is 98.3 cm³/mol. The Morgan fingerprint density at radius 3 is 2.96 bits per heavy atom. The minimum Gasteiger partial charge on any atom is -0.336 e. The Bertz CT molecular complexity index is 845. The lowest BCUT2D eigenvalue weighted by atomic mass is 9.86. The van der Waals surface area contributed by atoms with E-state index in [-0.39, 0.29) is 17.8 Å². The lowest BCUT2D eigenvalue weighted by Gasteiger charge is -2.46. The zero-order valence-electron chi connectivity index (χ0n) is 14.8. The summed E-state index contributed by atoms with van der Waals surface area (Å²) in [7, 11) is 0. The number of carbonyl (C=O) groups is 2. The number of aromatic nitrogens is 1. The Morgan fingerprint density at radius 2 is 2.19 bits per heavy atom. The van der Waals surface area contributed by atoms with E-state index in [4.69, 9.17) is 0 Å². The molecule has 1 N–H and O–H groups in total. The van der Waals surface area contributed by atoms with Crippen LogP contribution in [0, 0.1) is 11.7 Å². The highest BCUT2D eigenvalue weighted by molar-refractivity contribution is 5.94. The van der Waals surface area contributed by atoms with E-state index in [0.717, 1.165) is 12.0 Å². The van der Waals surface area contributed by atoms with Crippen molar-refractivity contribution in [2.24, 2.45) is 5.92 Å². The number of nitrogens with zero attached hydrogens (tertiary/aromatic N) is 3. The molecule has 1 aromatic heterocycles. The number of anilines is 1. The third kappa shape index (κ3) is 3.77. The zero-order chi connectivity index (χ0) is 18.8. The molecule has 3 amide bonds. The monoisotopic (exact) mass is 368 g/mol. The van der Waals surface area contributed by atoms with E-state index in [9.17, 15) is 14.0 Å². The topological polar surface area (TPSA) is 65.5 Å². The summed E-state index contributed by atoms with van der Waals surface area (Å²) in [6, 6.07) is 9.05. The summed E-state index contributed by atoms with van der Waals surface area (Å²) < 4.78 is 13.5. The van der Waals surface area contributed by atoms with Crippen LogP contribution in [0.5, 0.6) is 0 Å². The van der Waals surface area contributed by atoms with Crippen molar-refractivity contribution < 1.29 is 14.0 Å². The summed E-state index contributed by atoms with van der Waals surface area (Å²) in [6.45, 7) is 1.58. The number of nitrogens with one attached hydrogen (secondary N) is 1. The Kier molecular flexibility index (Phi) is 4.75. The van der Waals surface area contributed by atoms with Gasteiger partial charge in [-0.05, 0) is 48.6 Å². The largest absolute Gasteiger partial charge is 0.336 e. The maximum atomic E-state index is 13.5. The smallest absolute Gasteiger partial charge is 0.322 e. The van der Waals surface area contributed by atoms with Gasteiger partial charge >= 0.3 is 6.03 Å². The molecule has 3 heterocycles. The molecular formula is C20H21FN4O2. The molecule has 0 radical (unpaired) electrons. The summed E-state index contributed by atoms with van der Waals surface area (Å²) in [6.07, 6.45) is 4.74. The molecule has 4 rings (SSSR count). The van der Waals surface area contributed by atoms with Crippen LogP contribution in [-0.2, 0) is 11.3 Å². The molecular weight excluding hydrogens is 347 g/mol. The van der Waals surface area contributed by atoms with Crippen molar-refractivity contribution in [1.29, 1.82) is 0 Å². The normalized spacial score (nSPS) is 21.9. The molecule has 1 aromatic carbocycles. The molecule has 2 atom stereocenters. The number of halogens is 1. The van der Waals surface area contributed by atoms with Crippen molar-refractivity contribution in [2.45, 2.75) is 25.4 Å². The number of pyridine rings is 1. The number of fused-ring (bicyclic) bond motifs is 2. The van der Waals surface area contributed by atoms with Crippen LogP contribution in [-0.4, -0.2) is 45.9 Å². The van der Waals surface area contributed by atoms with Gasteiger partial charge in [-0.15, -0.1) is 0 Å². The van der Waals surface area contributed by atoms with Crippen LogP contribution in [0.15, 0.2) is 48.8 Å². The van der Waals surface area contributed by atoms with Gasteiger partial charge in [0.05, 0.1) is 11.9 Å². The van der Waals surface area contributed by atoms with Crippen LogP contribution in [0.3, 0.4) is 0 Å². The fourth-order valence-corrected chi connectivity index (χ4v) is 3.92. The van der Waals surface area contributed by atoms with E-state index >= 15 is 0 Å². The highest BCUT2D eigenvalue weighted by atomic mass is 19.1. The molecule has 0 saturated carbocycles. The fourth-order valence-electron chi connectivity index (χ4n) is 3.92. The number of benzene rings is 1. The van der Waals surface area contributed by atoms with Crippen LogP contribution < -0.4 is 5.32 Å². The molecule has 140 valence electrons. The number of hydrogen-bond donors (Lipinski definition) is 1. The fraction of sp³-hybridized carbons (Fsp3) is 0.350. The minimum absolute atomic E-state index is 0.0726. The van der Waals surface area contributed by atoms with Crippen molar-refractivity contribution in [3.63, 3.8) is 0 Å². The van der Waals surface area contributed by atoms with Crippen molar-refractivity contribution in [3.8, 4) is 0 Å². The maximum Gasteiger partial charge on any atom is 0.322 e. The summed E-state index contributed by atoms with van der Waals surface area (Å²) in [5, 5.41) is 2.81. The van der Waals surface area contributed by atoms with Gasteiger partial charge in [0.1, 0.15) is 11.9 Å². The summed E-state index contributed by atoms with van der Waals surface area (Å²) in [4.78, 5) is 33.0. The van der Waals surface area contributed by atoms with Crippen molar-refractivity contribution in [3.05, 3.63) is 60.2 Å². The second-order valence-corrected chi connectivity index (χ2v) is 7.12. The molecule has 7 heteroatoms. The number of carbonyl (C=O) groups excluding carboxylic acids is 2. The van der Waals surface area contributed by atoms with Crippen LogP contribution in [0.25, 0.3) is 0 Å². The molecule has 2 aromatic rings. The van der Waals surface area contributed by atoms with Gasteiger partial charge in [0, 0.05) is 25.8 Å². The second kappa shape index (κ2) is 7.34. The molecule has 0 aliphatic carbocycles. The molecule has 2 saturated heterocycles. The first kappa shape index (κ1) is 17.5. The standard InChI is InChI=1S/C20H21FN4O2/c21-16-4-1-3-14(9-16)12-24-13-15-6-8-25(18(10-15)19(24)26)20(27)23-17-5-2-7-22-11-17/h1-5,7,9,11,15,18H,6,8,10,12-13H2,(H,23,27)/t15-,18+/m0/s1. The lowest BCUT2D eigenvalue weighted by molar-refractivity contribution is -0.144. The van der Waals surface area contributed by atoms with E-state index in [1.165, 1.54) is 12.1 Å². The van der Waals surface area contributed by atoms with Gasteiger partial charge in [-0.2, -0.15) is 0 Å². The molecule has 2 fully saturated rings. The quantitative estimate of drug-likeness (QED) is 0.906. The molecule has 6 nitrogen and oxygen atoms in total. The number of urea groups is 1. The molecule has 27 heavy (non-hydrogen) atoms. The third-order valence-electron chi connectivity index (χ3n) is 5.22. The number of likely N-dealkylation sites (tertiary alicyclic amines) is 2. The molecule has 2 aliphatic rings. The van der Waals surface area contributed by atoms with Crippen LogP contribution >= 0.6 is 0 Å². The summed E-state index contributed by atoms with van der Waals surface area (Å²) in [5.41, 5.74) is 1.36. The highest BCUT2D eigenvalue weighted by Gasteiger charge is 2.43. The molecule has 0 unspecified atom stereocenters. The van der Waals surface area contributed by atoms with Gasteiger partial charge in [-0.1, -0.05) is 12.1 Å². The Labute approximate surface area is 157 Å². The van der Waals surface area contributed by atoms with E-state index in [2.05, 4.69) is 10.3 Å². The Morgan fingerprint density at radius 1 is 1.30 bits per heavy atom. The first-order valence-corrected chi connectivity index (χ1v) is 9.11. The van der Waals surface area contributed by atoms with E-state index in [1.54, 1.807) is 40.4 Å².